The fourth-order valence-corrected chi connectivity index (χ4v) is 5.36. The van der Waals surface area contributed by atoms with Gasteiger partial charge >= 0.3 is 12.2 Å². The van der Waals surface area contributed by atoms with E-state index < -0.39 is 48.0 Å². The summed E-state index contributed by atoms with van der Waals surface area (Å²) < 4.78 is 51.3. The van der Waals surface area contributed by atoms with Gasteiger partial charge in [-0.05, 0) is 66.0 Å². The number of anilines is 3. The molecule has 4 amide bonds. The standard InChI is InChI=1S/C36H42F3N3O6/c1-8-28(48-29-16-13-22(34(4,5)9-2)17-24(29)35(6,7)10-3)32(45)42-26-18-27(43)25(19-30(26)47-20-31(42)44)41(33(40)46)23-14-11-21(12-15-23)36(37,38)39/h11-19,28,43H,8-10,20H2,1-7H3,(H2,40,46). The van der Waals surface area contributed by atoms with Crippen LogP contribution in [-0.2, 0) is 26.6 Å². The Hall–Kier alpha value is -4.74. The Balaban J connectivity index is 1.72. The number of fused-ring (bicyclic) bond motifs is 1. The van der Waals surface area contributed by atoms with E-state index in [0.717, 1.165) is 64.1 Å². The Bertz CT molecular complexity index is 1700. The molecule has 1 atom stereocenters. The maximum Gasteiger partial charge on any atom is 0.416 e. The molecule has 0 saturated carbocycles. The lowest BCUT2D eigenvalue weighted by Gasteiger charge is -2.34. The van der Waals surface area contributed by atoms with Crippen LogP contribution in [0.5, 0.6) is 17.2 Å². The van der Waals surface area contributed by atoms with Crippen molar-refractivity contribution in [3.05, 3.63) is 71.3 Å². The second-order valence-electron chi connectivity index (χ2n) is 13.1. The number of rotatable bonds is 10. The molecule has 3 aromatic carbocycles. The number of carbonyl (C=O) groups excluding carboxylic acids is 3. The highest BCUT2D eigenvalue weighted by atomic mass is 19.4. The number of phenolic OH excluding ortho intramolecular Hbond substituents is 1. The number of imide groups is 1. The first-order valence-corrected chi connectivity index (χ1v) is 15.8. The lowest BCUT2D eigenvalue weighted by atomic mass is 9.76. The van der Waals surface area contributed by atoms with E-state index >= 15 is 0 Å². The van der Waals surface area contributed by atoms with Gasteiger partial charge in [-0.15, -0.1) is 0 Å². The van der Waals surface area contributed by atoms with E-state index in [1.54, 1.807) is 6.92 Å². The van der Waals surface area contributed by atoms with E-state index in [-0.39, 0.29) is 40.1 Å². The van der Waals surface area contributed by atoms with Gasteiger partial charge in [-0.3, -0.25) is 14.5 Å². The van der Waals surface area contributed by atoms with Gasteiger partial charge in [0, 0.05) is 17.7 Å². The highest BCUT2D eigenvalue weighted by Gasteiger charge is 2.38. The average molecular weight is 670 g/mol. The van der Waals surface area contributed by atoms with Crippen molar-refractivity contribution < 1.29 is 42.1 Å². The Morgan fingerprint density at radius 2 is 1.56 bits per heavy atom. The summed E-state index contributed by atoms with van der Waals surface area (Å²) >= 11 is 0. The highest BCUT2D eigenvalue weighted by Crippen LogP contribution is 2.45. The largest absolute Gasteiger partial charge is 0.506 e. The first-order chi connectivity index (χ1) is 22.4. The van der Waals surface area contributed by atoms with Crippen LogP contribution in [0.25, 0.3) is 0 Å². The molecule has 0 aromatic heterocycles. The maximum absolute atomic E-state index is 14.0. The number of primary amides is 1. The van der Waals surface area contributed by atoms with Gasteiger partial charge in [0.1, 0.15) is 17.2 Å². The van der Waals surface area contributed by atoms with Crippen LogP contribution in [0.15, 0.2) is 54.6 Å². The number of phenols is 1. The van der Waals surface area contributed by atoms with Crippen LogP contribution in [0.3, 0.4) is 0 Å². The zero-order valence-electron chi connectivity index (χ0n) is 28.2. The van der Waals surface area contributed by atoms with Gasteiger partial charge < -0.3 is 20.3 Å². The van der Waals surface area contributed by atoms with Crippen molar-refractivity contribution in [1.82, 2.24) is 0 Å². The number of nitrogens with zero attached hydrogens (tertiary/aromatic N) is 2. The van der Waals surface area contributed by atoms with Gasteiger partial charge in [0.15, 0.2) is 12.7 Å². The van der Waals surface area contributed by atoms with Crippen molar-refractivity contribution in [2.75, 3.05) is 16.4 Å². The highest BCUT2D eigenvalue weighted by molar-refractivity contribution is 6.19. The van der Waals surface area contributed by atoms with E-state index in [2.05, 4.69) is 47.6 Å². The fraction of sp³-hybridized carbons (Fsp3) is 0.417. The summed E-state index contributed by atoms with van der Waals surface area (Å²) in [6.45, 7) is 13.9. The predicted molar refractivity (Wildman–Crippen MR) is 177 cm³/mol. The number of aromatic hydroxyl groups is 1. The van der Waals surface area contributed by atoms with Gasteiger partial charge in [-0.25, -0.2) is 9.69 Å². The third kappa shape index (κ3) is 7.07. The summed E-state index contributed by atoms with van der Waals surface area (Å²) in [5.41, 5.74) is 5.93. The van der Waals surface area contributed by atoms with E-state index in [1.807, 2.05) is 12.1 Å². The molecule has 3 aromatic rings. The minimum absolute atomic E-state index is 0.0391. The Kier molecular flexibility index (Phi) is 10.1. The summed E-state index contributed by atoms with van der Waals surface area (Å²) in [6.07, 6.45) is -3.77. The smallest absolute Gasteiger partial charge is 0.416 e. The van der Waals surface area contributed by atoms with Crippen LogP contribution in [0.4, 0.5) is 35.0 Å². The quantitative estimate of drug-likeness (QED) is 0.225. The van der Waals surface area contributed by atoms with Crippen molar-refractivity contribution >= 4 is 34.9 Å². The molecule has 258 valence electrons. The molecule has 12 heteroatoms. The Labute approximate surface area is 278 Å². The first-order valence-electron chi connectivity index (χ1n) is 15.8. The van der Waals surface area contributed by atoms with Gasteiger partial charge in [0.05, 0.1) is 22.6 Å². The number of hydrogen-bond donors (Lipinski definition) is 2. The summed E-state index contributed by atoms with van der Waals surface area (Å²) in [7, 11) is 0. The molecule has 1 heterocycles. The fourth-order valence-electron chi connectivity index (χ4n) is 5.36. The van der Waals surface area contributed by atoms with Crippen LogP contribution in [0, 0.1) is 0 Å². The number of nitrogens with two attached hydrogens (primary N) is 1. The van der Waals surface area contributed by atoms with Crippen LogP contribution in [-0.4, -0.2) is 35.7 Å². The molecule has 0 saturated heterocycles. The van der Waals surface area contributed by atoms with Crippen molar-refractivity contribution in [2.45, 2.75) is 90.8 Å². The third-order valence-corrected chi connectivity index (χ3v) is 9.21. The molecule has 48 heavy (non-hydrogen) atoms. The second kappa shape index (κ2) is 13.4. The van der Waals surface area contributed by atoms with Crippen LogP contribution in [0.1, 0.15) is 84.4 Å². The maximum atomic E-state index is 14.0. The molecule has 1 aliphatic rings. The minimum Gasteiger partial charge on any atom is -0.506 e. The molecule has 0 bridgehead atoms. The molecular weight excluding hydrogens is 627 g/mol. The van der Waals surface area contributed by atoms with E-state index in [1.165, 1.54) is 6.07 Å². The molecule has 1 unspecified atom stereocenters. The molecule has 0 radical (unpaired) electrons. The van der Waals surface area contributed by atoms with E-state index in [9.17, 15) is 32.7 Å². The van der Waals surface area contributed by atoms with Gasteiger partial charge in [0.2, 0.25) is 0 Å². The molecule has 4 rings (SSSR count). The number of halogens is 3. The molecule has 3 N–H and O–H groups in total. The van der Waals surface area contributed by atoms with Crippen molar-refractivity contribution in [2.24, 2.45) is 5.73 Å². The van der Waals surface area contributed by atoms with Crippen molar-refractivity contribution in [3.63, 3.8) is 0 Å². The second-order valence-corrected chi connectivity index (χ2v) is 13.1. The minimum atomic E-state index is -4.61. The SMILES string of the molecule is CCC(Oc1ccc(C(C)(C)CC)cc1C(C)(C)CC)C(=O)N1C(=O)COc2cc(N(C(N)=O)c3ccc(C(F)(F)F)cc3)c(O)cc21. The van der Waals surface area contributed by atoms with Crippen molar-refractivity contribution in [3.8, 4) is 17.2 Å². The summed E-state index contributed by atoms with van der Waals surface area (Å²) in [5, 5.41) is 11.0. The molecular formula is C36H42F3N3O6. The number of benzene rings is 3. The van der Waals surface area contributed by atoms with Gasteiger partial charge in [-0.1, -0.05) is 60.6 Å². The lowest BCUT2D eigenvalue weighted by molar-refractivity contribution is -0.137. The lowest BCUT2D eigenvalue weighted by Crippen LogP contribution is -2.49. The number of ether oxygens (including phenoxy) is 2. The van der Waals surface area contributed by atoms with Crippen molar-refractivity contribution in [1.29, 1.82) is 0 Å². The summed E-state index contributed by atoms with van der Waals surface area (Å²) in [4.78, 5) is 41.4. The monoisotopic (exact) mass is 669 g/mol. The zero-order chi connectivity index (χ0) is 35.8. The number of alkyl halides is 3. The summed E-state index contributed by atoms with van der Waals surface area (Å²) in [6, 6.07) is 10.7. The molecule has 9 nitrogen and oxygen atoms in total. The summed E-state index contributed by atoms with van der Waals surface area (Å²) in [5.74, 6) is -1.50. The molecule has 1 aliphatic heterocycles. The topological polar surface area (TPSA) is 122 Å². The zero-order valence-corrected chi connectivity index (χ0v) is 28.2. The molecule has 0 spiro atoms. The molecule has 0 aliphatic carbocycles. The normalized spacial score (nSPS) is 14.2. The number of amides is 4. The van der Waals surface area contributed by atoms with E-state index in [0.29, 0.717) is 5.75 Å². The first kappa shape index (κ1) is 36.1. The van der Waals surface area contributed by atoms with Crippen LogP contribution < -0.4 is 25.0 Å². The van der Waals surface area contributed by atoms with Gasteiger partial charge in [-0.2, -0.15) is 13.2 Å². The average Bonchev–Trinajstić information content (AvgIpc) is 3.03. The van der Waals surface area contributed by atoms with Crippen LogP contribution >= 0.6 is 0 Å². The Morgan fingerprint density at radius 3 is 2.10 bits per heavy atom. The number of carbonyl (C=O) groups is 3. The molecule has 0 fully saturated rings. The number of hydrogen-bond acceptors (Lipinski definition) is 6. The number of urea groups is 1. The third-order valence-electron chi connectivity index (χ3n) is 9.21. The van der Waals surface area contributed by atoms with Gasteiger partial charge in [0.25, 0.3) is 11.8 Å². The predicted octanol–water partition coefficient (Wildman–Crippen LogP) is 8.11. The van der Waals surface area contributed by atoms with Crippen LogP contribution in [0.2, 0.25) is 0 Å². The Morgan fingerprint density at radius 1 is 0.958 bits per heavy atom. The van der Waals surface area contributed by atoms with E-state index in [4.69, 9.17) is 15.2 Å².